The first kappa shape index (κ1) is 18.7. The lowest BCUT2D eigenvalue weighted by atomic mass is 9.96. The molecule has 0 aromatic heterocycles. The third kappa shape index (κ3) is 3.86. The highest BCUT2D eigenvalue weighted by atomic mass is 32.2. The molecule has 10 heteroatoms. The van der Waals surface area contributed by atoms with Crippen molar-refractivity contribution in [3.05, 3.63) is 35.1 Å². The summed E-state index contributed by atoms with van der Waals surface area (Å²) in [6, 6.07) is 3.73. The Morgan fingerprint density at radius 1 is 1.33 bits per heavy atom. The molecule has 0 saturated carbocycles. The topological polar surface area (TPSA) is 74.7 Å². The Labute approximate surface area is 135 Å². The van der Waals surface area contributed by atoms with Crippen LogP contribution in [0.1, 0.15) is 11.1 Å². The van der Waals surface area contributed by atoms with E-state index in [-0.39, 0.29) is 5.56 Å². The summed E-state index contributed by atoms with van der Waals surface area (Å²) < 4.78 is 77.3. The van der Waals surface area contributed by atoms with Gasteiger partial charge in [0.1, 0.15) is 5.82 Å². The second-order valence-electron chi connectivity index (χ2n) is 5.75. The van der Waals surface area contributed by atoms with Gasteiger partial charge >= 0.3 is 12.1 Å². The van der Waals surface area contributed by atoms with Crippen molar-refractivity contribution in [3.8, 4) is 0 Å². The fraction of sp³-hybridized carbons (Fsp3) is 0.500. The summed E-state index contributed by atoms with van der Waals surface area (Å²) in [7, 11) is -4.20. The molecule has 0 spiro atoms. The third-order valence-corrected chi connectivity index (χ3v) is 5.79. The van der Waals surface area contributed by atoms with Crippen molar-refractivity contribution in [2.24, 2.45) is 11.8 Å². The average Bonchev–Trinajstić information content (AvgIpc) is 2.89. The monoisotopic (exact) mass is 369 g/mol. The van der Waals surface area contributed by atoms with Crippen LogP contribution in [0.2, 0.25) is 0 Å². The zero-order chi connectivity index (χ0) is 18.3. The molecule has 1 aliphatic heterocycles. The summed E-state index contributed by atoms with van der Waals surface area (Å²) in [5.74, 6) is -7.13. The quantitative estimate of drug-likeness (QED) is 0.826. The van der Waals surface area contributed by atoms with Gasteiger partial charge in [-0.25, -0.2) is 17.1 Å². The van der Waals surface area contributed by atoms with Crippen molar-refractivity contribution < 1.29 is 35.9 Å². The molecule has 0 aliphatic carbocycles. The van der Waals surface area contributed by atoms with Gasteiger partial charge in [-0.1, -0.05) is 12.1 Å². The van der Waals surface area contributed by atoms with E-state index in [1.807, 2.05) is 0 Å². The van der Waals surface area contributed by atoms with E-state index in [1.165, 1.54) is 19.1 Å². The Hall–Kier alpha value is -1.68. The summed E-state index contributed by atoms with van der Waals surface area (Å²) >= 11 is 0. The van der Waals surface area contributed by atoms with Gasteiger partial charge in [0.15, 0.2) is 0 Å². The van der Waals surface area contributed by atoms with E-state index in [1.54, 1.807) is 0 Å². The Bertz CT molecular complexity index is 748. The number of aryl methyl sites for hydroxylation is 1. The zero-order valence-electron chi connectivity index (χ0n) is 12.5. The lowest BCUT2D eigenvalue weighted by Gasteiger charge is -2.18. The number of carbonyl (C=O) groups is 1. The average molecular weight is 369 g/mol. The minimum Gasteiger partial charge on any atom is -0.481 e. The molecular formula is C14H15F4NO4S. The largest absolute Gasteiger partial charge is 0.481 e. The lowest BCUT2D eigenvalue weighted by Crippen LogP contribution is -2.34. The molecule has 5 nitrogen and oxygen atoms in total. The number of aliphatic carboxylic acids is 1. The van der Waals surface area contributed by atoms with Crippen molar-refractivity contribution in [3.63, 3.8) is 0 Å². The van der Waals surface area contributed by atoms with E-state index in [0.717, 1.165) is 6.07 Å². The van der Waals surface area contributed by atoms with Gasteiger partial charge < -0.3 is 5.11 Å². The van der Waals surface area contributed by atoms with Gasteiger partial charge in [-0.2, -0.15) is 13.2 Å². The van der Waals surface area contributed by atoms with Gasteiger partial charge in [-0.15, -0.1) is 0 Å². The molecule has 134 valence electrons. The number of nitrogens with zero attached hydrogens (tertiary/aromatic N) is 1. The highest BCUT2D eigenvalue weighted by molar-refractivity contribution is 7.88. The fourth-order valence-corrected chi connectivity index (χ4v) is 4.16. The Kier molecular flexibility index (Phi) is 4.91. The maximum absolute atomic E-state index is 13.5. The van der Waals surface area contributed by atoms with Gasteiger partial charge in [-0.05, 0) is 24.1 Å². The second-order valence-corrected chi connectivity index (χ2v) is 7.72. The zero-order valence-corrected chi connectivity index (χ0v) is 13.4. The Morgan fingerprint density at radius 3 is 2.42 bits per heavy atom. The molecule has 1 aliphatic rings. The van der Waals surface area contributed by atoms with Crippen LogP contribution in [0.15, 0.2) is 18.2 Å². The molecule has 0 amide bonds. The summed E-state index contributed by atoms with van der Waals surface area (Å²) in [6.07, 6.45) is -4.82. The molecule has 1 aromatic rings. The number of benzene rings is 1. The van der Waals surface area contributed by atoms with E-state index in [0.29, 0.717) is 9.87 Å². The number of sulfonamides is 1. The molecule has 1 aromatic carbocycles. The molecule has 0 unspecified atom stereocenters. The molecule has 1 saturated heterocycles. The number of rotatable bonds is 4. The number of carboxylic acids is 1. The first-order chi connectivity index (χ1) is 10.9. The molecule has 24 heavy (non-hydrogen) atoms. The van der Waals surface area contributed by atoms with Crippen molar-refractivity contribution in [1.82, 2.24) is 4.31 Å². The van der Waals surface area contributed by atoms with Crippen molar-refractivity contribution in [2.75, 3.05) is 13.1 Å². The first-order valence-electron chi connectivity index (χ1n) is 6.94. The smallest absolute Gasteiger partial charge is 0.393 e. The van der Waals surface area contributed by atoms with Crippen LogP contribution >= 0.6 is 0 Å². The first-order valence-corrected chi connectivity index (χ1v) is 8.55. The minimum absolute atomic E-state index is 0.0837. The van der Waals surface area contributed by atoms with Crippen LogP contribution in [0.5, 0.6) is 0 Å². The van der Waals surface area contributed by atoms with Crippen LogP contribution in [0, 0.1) is 24.6 Å². The van der Waals surface area contributed by atoms with Crippen molar-refractivity contribution >= 4 is 16.0 Å². The highest BCUT2D eigenvalue weighted by Gasteiger charge is 2.54. The van der Waals surface area contributed by atoms with E-state index < -0.39 is 58.7 Å². The normalized spacial score (nSPS) is 22.7. The van der Waals surface area contributed by atoms with Crippen molar-refractivity contribution in [2.45, 2.75) is 18.9 Å². The molecule has 0 radical (unpaired) electrons. The van der Waals surface area contributed by atoms with E-state index >= 15 is 0 Å². The molecular weight excluding hydrogens is 354 g/mol. The van der Waals surface area contributed by atoms with E-state index in [9.17, 15) is 30.8 Å². The van der Waals surface area contributed by atoms with Gasteiger partial charge in [0.25, 0.3) is 0 Å². The van der Waals surface area contributed by atoms with Gasteiger partial charge in [-0.3, -0.25) is 4.79 Å². The molecule has 2 rings (SSSR count). The molecule has 1 N–H and O–H groups in total. The number of hydrogen-bond acceptors (Lipinski definition) is 3. The lowest BCUT2D eigenvalue weighted by molar-refractivity contribution is -0.187. The van der Waals surface area contributed by atoms with Crippen LogP contribution in [-0.2, 0) is 20.6 Å². The summed E-state index contributed by atoms with van der Waals surface area (Å²) in [5, 5.41) is 8.92. The summed E-state index contributed by atoms with van der Waals surface area (Å²) in [6.45, 7) is -0.215. The van der Waals surface area contributed by atoms with Gasteiger partial charge in [0.05, 0.1) is 17.6 Å². The minimum atomic E-state index is -4.82. The number of alkyl halides is 3. The molecule has 2 atom stereocenters. The van der Waals surface area contributed by atoms with Crippen LogP contribution < -0.4 is 0 Å². The number of carboxylic acid groups (broad SMARTS) is 1. The third-order valence-electron chi connectivity index (χ3n) is 4.00. The predicted octanol–water partition coefficient (Wildman–Crippen LogP) is 2.16. The molecule has 0 bridgehead atoms. The second kappa shape index (κ2) is 6.32. The van der Waals surface area contributed by atoms with Crippen LogP contribution in [0.3, 0.4) is 0 Å². The number of hydrogen-bond donors (Lipinski definition) is 1. The van der Waals surface area contributed by atoms with Gasteiger partial charge in [0.2, 0.25) is 10.0 Å². The maximum atomic E-state index is 13.5. The number of halogens is 4. The Balaban J connectivity index is 2.23. The molecule has 1 heterocycles. The summed E-state index contributed by atoms with van der Waals surface area (Å²) in [4.78, 5) is 11.0. The predicted molar refractivity (Wildman–Crippen MR) is 76.0 cm³/mol. The standard InChI is InChI=1S/C14H15F4NO4S/c1-8-2-3-9(4-12(8)15)7-24(22,23)19-5-10(13(20)21)11(6-19)14(16,17)18/h2-4,10-11H,5-7H2,1H3,(H,20,21)/t10-,11-/m1/s1. The summed E-state index contributed by atoms with van der Waals surface area (Å²) in [5.41, 5.74) is 0.390. The van der Waals surface area contributed by atoms with Crippen LogP contribution in [-0.4, -0.2) is 43.1 Å². The van der Waals surface area contributed by atoms with Crippen molar-refractivity contribution in [1.29, 1.82) is 0 Å². The highest BCUT2D eigenvalue weighted by Crippen LogP contribution is 2.39. The van der Waals surface area contributed by atoms with E-state index in [2.05, 4.69) is 0 Å². The Morgan fingerprint density at radius 2 is 1.96 bits per heavy atom. The maximum Gasteiger partial charge on any atom is 0.393 e. The van der Waals surface area contributed by atoms with Crippen LogP contribution in [0.4, 0.5) is 17.6 Å². The van der Waals surface area contributed by atoms with Crippen LogP contribution in [0.25, 0.3) is 0 Å². The van der Waals surface area contributed by atoms with E-state index in [4.69, 9.17) is 5.11 Å². The SMILES string of the molecule is Cc1ccc(CS(=O)(=O)N2C[C@@H](C(F)(F)F)[C@H](C(=O)O)C2)cc1F. The van der Waals surface area contributed by atoms with Gasteiger partial charge in [0, 0.05) is 13.1 Å². The molecule has 1 fully saturated rings. The fourth-order valence-electron chi connectivity index (χ4n) is 2.60.